The summed E-state index contributed by atoms with van der Waals surface area (Å²) < 4.78 is 0. The van der Waals surface area contributed by atoms with E-state index < -0.39 is 103 Å². The Kier molecular flexibility index (Phi) is 21.0. The van der Waals surface area contributed by atoms with E-state index in [1.807, 2.05) is 0 Å². The zero-order chi connectivity index (χ0) is 37.8. The molecule has 0 radical (unpaired) electrons. The van der Waals surface area contributed by atoms with Gasteiger partial charge in [0.15, 0.2) is 0 Å². The van der Waals surface area contributed by atoms with Crippen molar-refractivity contribution in [2.75, 3.05) is 19.8 Å². The minimum atomic E-state index is -1.60. The van der Waals surface area contributed by atoms with Gasteiger partial charge in [-0.15, -0.1) is 0 Å². The Morgan fingerprint density at radius 3 is 1.49 bits per heavy atom. The molecule has 7 atom stereocenters. The first-order valence-corrected chi connectivity index (χ1v) is 15.8. The fraction of sp³-hybridized carbons (Fsp3) is 0.724. The van der Waals surface area contributed by atoms with Gasteiger partial charge in [0, 0.05) is 6.42 Å². The van der Waals surface area contributed by atoms with Crippen LogP contribution in [0.15, 0.2) is 0 Å². The van der Waals surface area contributed by atoms with Crippen molar-refractivity contribution in [3.05, 3.63) is 0 Å². The number of aliphatic hydroxyl groups is 2. The number of hydrogen-bond donors (Lipinski definition) is 12. The van der Waals surface area contributed by atoms with Crippen LogP contribution in [-0.2, 0) is 38.4 Å². The highest BCUT2D eigenvalue weighted by Gasteiger charge is 2.32. The van der Waals surface area contributed by atoms with E-state index in [1.54, 1.807) is 13.8 Å². The maximum absolute atomic E-state index is 13.4. The molecule has 0 unspecified atom stereocenters. The molecule has 0 rings (SSSR count). The third-order valence-corrected chi connectivity index (χ3v) is 7.04. The molecule has 0 saturated heterocycles. The van der Waals surface area contributed by atoms with Gasteiger partial charge >= 0.3 is 11.9 Å². The summed E-state index contributed by atoms with van der Waals surface area (Å²) in [5.74, 6) is -7.94. The van der Waals surface area contributed by atoms with E-state index in [-0.39, 0.29) is 38.1 Å². The van der Waals surface area contributed by atoms with Crippen LogP contribution in [0.2, 0.25) is 0 Å². The molecular formula is C29H52N8O12. The van der Waals surface area contributed by atoms with Crippen LogP contribution in [0.5, 0.6) is 0 Å². The molecule has 6 amide bonds. The lowest BCUT2D eigenvalue weighted by Gasteiger charge is -2.27. The number of carbonyl (C=O) groups is 8. The zero-order valence-electron chi connectivity index (χ0n) is 28.2. The number of unbranched alkanes of at least 4 members (excludes halogenated alkanes) is 1. The molecule has 0 saturated carbocycles. The number of hydrogen-bond acceptors (Lipinski definition) is 12. The summed E-state index contributed by atoms with van der Waals surface area (Å²) in [6.07, 6.45) is 0.429. The summed E-state index contributed by atoms with van der Waals surface area (Å²) in [6, 6.07) is -9.35. The molecule has 14 N–H and O–H groups in total. The van der Waals surface area contributed by atoms with Gasteiger partial charge < -0.3 is 63.8 Å². The molecule has 0 aliphatic carbocycles. The Hall–Kier alpha value is -4.40. The topological polar surface area (TPSA) is 342 Å². The van der Waals surface area contributed by atoms with Gasteiger partial charge in [-0.3, -0.25) is 33.6 Å². The minimum Gasteiger partial charge on any atom is -0.481 e. The monoisotopic (exact) mass is 704 g/mol. The number of carbonyl (C=O) groups excluding carboxylic acids is 6. The Bertz CT molecular complexity index is 1150. The summed E-state index contributed by atoms with van der Waals surface area (Å²) in [4.78, 5) is 98.8. The van der Waals surface area contributed by atoms with Crippen LogP contribution >= 0.6 is 0 Å². The normalized spacial score (nSPS) is 15.3. The van der Waals surface area contributed by atoms with Crippen LogP contribution < -0.4 is 43.4 Å². The van der Waals surface area contributed by atoms with Crippen LogP contribution in [0.3, 0.4) is 0 Å². The van der Waals surface area contributed by atoms with Crippen molar-refractivity contribution in [2.24, 2.45) is 17.4 Å². The lowest BCUT2D eigenvalue weighted by Crippen LogP contribution is -2.60. The summed E-state index contributed by atoms with van der Waals surface area (Å²) in [5, 5.41) is 50.8. The van der Waals surface area contributed by atoms with Gasteiger partial charge in [-0.1, -0.05) is 13.8 Å². The van der Waals surface area contributed by atoms with Gasteiger partial charge in [-0.05, 0) is 58.4 Å². The maximum atomic E-state index is 13.4. The zero-order valence-corrected chi connectivity index (χ0v) is 28.2. The predicted molar refractivity (Wildman–Crippen MR) is 172 cm³/mol. The van der Waals surface area contributed by atoms with Gasteiger partial charge in [0.1, 0.15) is 36.3 Å². The van der Waals surface area contributed by atoms with E-state index in [4.69, 9.17) is 26.8 Å². The number of amides is 6. The first-order chi connectivity index (χ1) is 22.9. The Morgan fingerprint density at radius 2 is 1.02 bits per heavy atom. The van der Waals surface area contributed by atoms with E-state index in [0.29, 0.717) is 12.8 Å². The van der Waals surface area contributed by atoms with Crippen molar-refractivity contribution in [1.82, 2.24) is 31.9 Å². The van der Waals surface area contributed by atoms with Gasteiger partial charge in [0.2, 0.25) is 35.4 Å². The predicted octanol–water partition coefficient (Wildman–Crippen LogP) is -4.63. The van der Waals surface area contributed by atoms with Crippen LogP contribution in [0.1, 0.15) is 66.2 Å². The SMILES string of the molecule is CC(C)C[C@H](NC(=O)[C@H](CCCCN)NC(=O)[C@H](CO)NC(=O)[C@H](C)NC(=O)[C@@H](N)CCC(=O)O)C(=O)N[C@@H](C)C(=O)N[C@@H](CO)C(=O)O. The smallest absolute Gasteiger partial charge is 0.328 e. The molecule has 49 heavy (non-hydrogen) atoms. The van der Waals surface area contributed by atoms with Crippen LogP contribution in [0, 0.1) is 5.92 Å². The van der Waals surface area contributed by atoms with Crippen LogP contribution in [0.4, 0.5) is 0 Å². The molecule has 0 aliphatic rings. The second kappa shape index (κ2) is 23.0. The molecule has 0 heterocycles. The van der Waals surface area contributed by atoms with Crippen molar-refractivity contribution in [3.63, 3.8) is 0 Å². The lowest BCUT2D eigenvalue weighted by atomic mass is 10.0. The molecule has 0 aromatic rings. The molecule has 0 fully saturated rings. The summed E-state index contributed by atoms with van der Waals surface area (Å²) in [6.45, 7) is 4.58. The molecule has 0 aromatic heterocycles. The Labute approximate surface area is 283 Å². The van der Waals surface area contributed by atoms with Crippen LogP contribution in [0.25, 0.3) is 0 Å². The number of nitrogens with one attached hydrogen (secondary N) is 6. The molecular weight excluding hydrogens is 652 g/mol. The molecule has 20 heteroatoms. The van der Waals surface area contributed by atoms with Crippen molar-refractivity contribution in [1.29, 1.82) is 0 Å². The standard InChI is InChI=1S/C29H52N8O12/c1-14(2)11-19(27(46)33-16(4)24(43)37-21(13-39)29(48)49)35-26(45)18(7-5-6-10-30)34-28(47)20(12-38)36-23(42)15(3)32-25(44)17(31)8-9-22(40)41/h14-21,38-39H,5-13,30-31H2,1-4H3,(H,32,44)(H,33,46)(H,34,47)(H,35,45)(H,36,42)(H,37,43)(H,40,41)(H,48,49)/t15-,16-,17-,18-,19-,20-,21-/m0/s1. The average Bonchev–Trinajstić information content (AvgIpc) is 3.02. The fourth-order valence-corrected chi connectivity index (χ4v) is 4.16. The van der Waals surface area contributed by atoms with E-state index in [2.05, 4.69) is 31.9 Å². The van der Waals surface area contributed by atoms with E-state index in [0.717, 1.165) is 0 Å². The molecule has 0 bridgehead atoms. The maximum Gasteiger partial charge on any atom is 0.328 e. The van der Waals surface area contributed by atoms with Crippen molar-refractivity contribution >= 4 is 47.4 Å². The molecule has 20 nitrogen and oxygen atoms in total. The highest BCUT2D eigenvalue weighted by atomic mass is 16.4. The van der Waals surface area contributed by atoms with Gasteiger partial charge in [0.05, 0.1) is 19.3 Å². The van der Waals surface area contributed by atoms with Crippen molar-refractivity contribution in [3.8, 4) is 0 Å². The second-order valence-corrected chi connectivity index (χ2v) is 11.9. The number of rotatable bonds is 24. The molecule has 0 spiro atoms. The van der Waals surface area contributed by atoms with Gasteiger partial charge in [0.25, 0.3) is 0 Å². The quantitative estimate of drug-likeness (QED) is 0.0421. The number of nitrogens with two attached hydrogens (primary N) is 2. The molecule has 0 aliphatic heterocycles. The highest BCUT2D eigenvalue weighted by molar-refractivity contribution is 5.97. The number of carboxylic acid groups (broad SMARTS) is 2. The summed E-state index contributed by atoms with van der Waals surface area (Å²) in [7, 11) is 0. The van der Waals surface area contributed by atoms with Crippen molar-refractivity contribution < 1.29 is 58.8 Å². The van der Waals surface area contributed by atoms with Gasteiger partial charge in [-0.2, -0.15) is 0 Å². The second-order valence-electron chi connectivity index (χ2n) is 11.9. The third-order valence-electron chi connectivity index (χ3n) is 7.04. The van der Waals surface area contributed by atoms with Crippen molar-refractivity contribution in [2.45, 2.75) is 109 Å². The first kappa shape index (κ1) is 44.6. The first-order valence-electron chi connectivity index (χ1n) is 15.8. The highest BCUT2D eigenvalue weighted by Crippen LogP contribution is 2.09. The number of aliphatic carboxylic acids is 2. The average molecular weight is 705 g/mol. The molecule has 280 valence electrons. The minimum absolute atomic E-state index is 0.0497. The lowest BCUT2D eigenvalue weighted by molar-refractivity contribution is -0.143. The summed E-state index contributed by atoms with van der Waals surface area (Å²) >= 11 is 0. The van der Waals surface area contributed by atoms with E-state index >= 15 is 0 Å². The molecule has 0 aromatic carbocycles. The number of carboxylic acids is 2. The van der Waals surface area contributed by atoms with Gasteiger partial charge in [-0.25, -0.2) is 4.79 Å². The summed E-state index contributed by atoms with van der Waals surface area (Å²) in [5.41, 5.74) is 11.2. The largest absolute Gasteiger partial charge is 0.481 e. The van der Waals surface area contributed by atoms with Crippen LogP contribution in [-0.4, -0.2) is 130 Å². The third kappa shape index (κ3) is 17.5. The van der Waals surface area contributed by atoms with E-state index in [1.165, 1.54) is 13.8 Å². The Morgan fingerprint density at radius 1 is 0.571 bits per heavy atom. The fourth-order valence-electron chi connectivity index (χ4n) is 4.16. The Balaban J connectivity index is 5.68. The number of aliphatic hydroxyl groups excluding tert-OH is 2. The van der Waals surface area contributed by atoms with E-state index in [9.17, 15) is 43.5 Å².